The van der Waals surface area contributed by atoms with E-state index in [1.54, 1.807) is 0 Å². The Labute approximate surface area is 106 Å². The van der Waals surface area contributed by atoms with Gasteiger partial charge in [-0.05, 0) is 59.2 Å². The van der Waals surface area contributed by atoms with Crippen molar-refractivity contribution in [3.05, 3.63) is 28.5 Å². The fraction of sp³-hybridized carbons (Fsp3) is 0.615. The van der Waals surface area contributed by atoms with Gasteiger partial charge in [0.1, 0.15) is 0 Å². The lowest BCUT2D eigenvalue weighted by molar-refractivity contribution is 0.406. The summed E-state index contributed by atoms with van der Waals surface area (Å²) in [5, 5.41) is 0. The molecule has 1 saturated carbocycles. The van der Waals surface area contributed by atoms with Crippen LogP contribution in [0.5, 0.6) is 0 Å². The van der Waals surface area contributed by atoms with E-state index in [1.165, 1.54) is 18.4 Å². The molecular weight excluding hydrogens is 264 g/mol. The zero-order valence-corrected chi connectivity index (χ0v) is 11.3. The number of rotatable bonds is 3. The summed E-state index contributed by atoms with van der Waals surface area (Å²) < 4.78 is 1.04. The first-order chi connectivity index (χ1) is 7.61. The maximum atomic E-state index is 6.46. The second kappa shape index (κ2) is 4.84. The Balaban J connectivity index is 2.04. The lowest BCUT2D eigenvalue weighted by atomic mass is 9.89. The number of nitrogens with zero attached hydrogens (tertiary/aromatic N) is 1. The Kier molecular flexibility index (Phi) is 3.65. The van der Waals surface area contributed by atoms with Crippen LogP contribution in [0.1, 0.15) is 38.2 Å². The summed E-state index contributed by atoms with van der Waals surface area (Å²) in [5.74, 6) is 0.824. The molecule has 1 aromatic rings. The molecule has 0 bridgehead atoms. The zero-order chi connectivity index (χ0) is 11.6. The summed E-state index contributed by atoms with van der Waals surface area (Å²) >= 11 is 3.45. The van der Waals surface area contributed by atoms with Crippen LogP contribution in [0.15, 0.2) is 22.9 Å². The molecule has 3 heteroatoms. The smallest absolute Gasteiger partial charge is 0.0410 e. The fourth-order valence-electron chi connectivity index (χ4n) is 2.74. The Morgan fingerprint density at radius 1 is 1.56 bits per heavy atom. The van der Waals surface area contributed by atoms with Gasteiger partial charge in [-0.15, -0.1) is 0 Å². The van der Waals surface area contributed by atoms with E-state index in [2.05, 4.69) is 33.9 Å². The topological polar surface area (TPSA) is 38.9 Å². The molecule has 0 amide bonds. The molecular formula is C13H19BrN2. The summed E-state index contributed by atoms with van der Waals surface area (Å²) in [6, 6.07) is 2.13. The molecule has 2 atom stereocenters. The SMILES string of the molecule is CCC1CCC(N)(Cc2cncc(Br)c2)C1. The minimum absolute atomic E-state index is 0.00313. The summed E-state index contributed by atoms with van der Waals surface area (Å²) in [7, 11) is 0. The van der Waals surface area contributed by atoms with Gasteiger partial charge in [-0.2, -0.15) is 0 Å². The van der Waals surface area contributed by atoms with Gasteiger partial charge in [0.15, 0.2) is 0 Å². The average molecular weight is 283 g/mol. The van der Waals surface area contributed by atoms with Crippen molar-refractivity contribution in [2.24, 2.45) is 11.7 Å². The van der Waals surface area contributed by atoms with Crippen molar-refractivity contribution in [3.63, 3.8) is 0 Å². The van der Waals surface area contributed by atoms with Crippen molar-refractivity contribution in [3.8, 4) is 0 Å². The Hall–Kier alpha value is -0.410. The molecule has 16 heavy (non-hydrogen) atoms. The van der Waals surface area contributed by atoms with E-state index >= 15 is 0 Å². The van der Waals surface area contributed by atoms with Gasteiger partial charge in [0, 0.05) is 22.4 Å². The highest BCUT2D eigenvalue weighted by molar-refractivity contribution is 9.10. The summed E-state index contributed by atoms with van der Waals surface area (Å²) in [5.41, 5.74) is 7.71. The Bertz CT molecular complexity index is 367. The van der Waals surface area contributed by atoms with Crippen LogP contribution < -0.4 is 5.73 Å². The lowest BCUT2D eigenvalue weighted by Crippen LogP contribution is -2.39. The molecule has 0 spiro atoms. The first-order valence-corrected chi connectivity index (χ1v) is 6.79. The van der Waals surface area contributed by atoms with Crippen LogP contribution in [0.2, 0.25) is 0 Å². The van der Waals surface area contributed by atoms with Crippen LogP contribution in [-0.2, 0) is 6.42 Å². The largest absolute Gasteiger partial charge is 0.325 e. The van der Waals surface area contributed by atoms with Crippen LogP contribution in [0, 0.1) is 5.92 Å². The minimum Gasteiger partial charge on any atom is -0.325 e. The molecule has 0 aliphatic heterocycles. The molecule has 1 aliphatic carbocycles. The predicted octanol–water partition coefficient (Wildman–Crippen LogP) is 3.29. The van der Waals surface area contributed by atoms with E-state index in [9.17, 15) is 0 Å². The van der Waals surface area contributed by atoms with E-state index in [1.807, 2.05) is 12.4 Å². The van der Waals surface area contributed by atoms with Crippen molar-refractivity contribution in [1.29, 1.82) is 0 Å². The van der Waals surface area contributed by atoms with E-state index in [0.29, 0.717) is 0 Å². The van der Waals surface area contributed by atoms with Gasteiger partial charge < -0.3 is 5.73 Å². The molecule has 1 aromatic heterocycles. The molecule has 0 saturated heterocycles. The van der Waals surface area contributed by atoms with Crippen LogP contribution in [0.25, 0.3) is 0 Å². The zero-order valence-electron chi connectivity index (χ0n) is 9.75. The van der Waals surface area contributed by atoms with Gasteiger partial charge in [-0.25, -0.2) is 0 Å². The van der Waals surface area contributed by atoms with Gasteiger partial charge in [-0.3, -0.25) is 4.98 Å². The third-order valence-corrected chi connectivity index (χ3v) is 4.07. The van der Waals surface area contributed by atoms with E-state index in [0.717, 1.165) is 29.7 Å². The third-order valence-electron chi connectivity index (χ3n) is 3.64. The van der Waals surface area contributed by atoms with Crippen molar-refractivity contribution < 1.29 is 0 Å². The molecule has 2 unspecified atom stereocenters. The van der Waals surface area contributed by atoms with Gasteiger partial charge >= 0.3 is 0 Å². The first kappa shape index (κ1) is 12.1. The van der Waals surface area contributed by atoms with Gasteiger partial charge in [0.2, 0.25) is 0 Å². The number of pyridine rings is 1. The second-order valence-corrected chi connectivity index (χ2v) is 5.98. The van der Waals surface area contributed by atoms with E-state index < -0.39 is 0 Å². The Morgan fingerprint density at radius 3 is 3.00 bits per heavy atom. The van der Waals surface area contributed by atoms with Gasteiger partial charge in [0.25, 0.3) is 0 Å². The Morgan fingerprint density at radius 2 is 2.38 bits per heavy atom. The molecule has 1 heterocycles. The molecule has 1 aliphatic rings. The van der Waals surface area contributed by atoms with Gasteiger partial charge in [-0.1, -0.05) is 13.3 Å². The highest BCUT2D eigenvalue weighted by atomic mass is 79.9. The number of nitrogens with two attached hydrogens (primary N) is 1. The number of hydrogen-bond acceptors (Lipinski definition) is 2. The molecule has 2 rings (SSSR count). The molecule has 0 aromatic carbocycles. The first-order valence-electron chi connectivity index (χ1n) is 5.99. The lowest BCUT2D eigenvalue weighted by Gasteiger charge is -2.24. The van der Waals surface area contributed by atoms with Crippen molar-refractivity contribution in [2.75, 3.05) is 0 Å². The normalized spacial score (nSPS) is 29.6. The maximum absolute atomic E-state index is 6.46. The predicted molar refractivity (Wildman–Crippen MR) is 70.2 cm³/mol. The van der Waals surface area contributed by atoms with E-state index in [4.69, 9.17) is 5.73 Å². The number of halogens is 1. The third kappa shape index (κ3) is 2.83. The van der Waals surface area contributed by atoms with Crippen LogP contribution >= 0.6 is 15.9 Å². The van der Waals surface area contributed by atoms with Crippen LogP contribution in [0.4, 0.5) is 0 Å². The quantitative estimate of drug-likeness (QED) is 0.924. The van der Waals surface area contributed by atoms with Crippen LogP contribution in [-0.4, -0.2) is 10.5 Å². The van der Waals surface area contributed by atoms with Gasteiger partial charge in [0.05, 0.1) is 0 Å². The van der Waals surface area contributed by atoms with Crippen molar-refractivity contribution >= 4 is 15.9 Å². The van der Waals surface area contributed by atoms with E-state index in [-0.39, 0.29) is 5.54 Å². The van der Waals surface area contributed by atoms with Crippen molar-refractivity contribution in [1.82, 2.24) is 4.98 Å². The molecule has 1 fully saturated rings. The number of aromatic nitrogens is 1. The number of hydrogen-bond donors (Lipinski definition) is 1. The molecule has 0 radical (unpaired) electrons. The molecule has 2 nitrogen and oxygen atoms in total. The maximum Gasteiger partial charge on any atom is 0.0410 e. The molecule has 88 valence electrons. The summed E-state index contributed by atoms with van der Waals surface area (Å²) in [6.45, 7) is 2.26. The minimum atomic E-state index is 0.00313. The molecule has 2 N–H and O–H groups in total. The van der Waals surface area contributed by atoms with Crippen molar-refractivity contribution in [2.45, 2.75) is 44.6 Å². The highest BCUT2D eigenvalue weighted by Crippen LogP contribution is 2.36. The second-order valence-electron chi connectivity index (χ2n) is 5.07. The van der Waals surface area contributed by atoms with Crippen LogP contribution in [0.3, 0.4) is 0 Å². The highest BCUT2D eigenvalue weighted by Gasteiger charge is 2.34. The summed E-state index contributed by atoms with van der Waals surface area (Å²) in [6.07, 6.45) is 9.56. The fourth-order valence-corrected chi connectivity index (χ4v) is 3.15. The monoisotopic (exact) mass is 282 g/mol. The standard InChI is InChI=1S/C13H19BrN2/c1-2-10-3-4-13(15,6-10)7-11-5-12(14)9-16-8-11/h5,8-10H,2-4,6-7,15H2,1H3. The summed E-state index contributed by atoms with van der Waals surface area (Å²) in [4.78, 5) is 4.19. The average Bonchev–Trinajstić information content (AvgIpc) is 2.60.